The Bertz CT molecular complexity index is 498. The number of hydrogen-bond acceptors (Lipinski definition) is 2. The lowest BCUT2D eigenvalue weighted by Gasteiger charge is -2.07. The van der Waals surface area contributed by atoms with Crippen LogP contribution in [0.2, 0.25) is 0 Å². The molecule has 0 aliphatic carbocycles. The molecule has 0 aliphatic heterocycles. The zero-order valence-electron chi connectivity index (χ0n) is 17.2. The topological polar surface area (TPSA) is 49.3 Å². The van der Waals surface area contributed by atoms with Gasteiger partial charge >= 0.3 is 0 Å². The van der Waals surface area contributed by atoms with Crippen molar-refractivity contribution in [2.75, 3.05) is 5.32 Å². The van der Waals surface area contributed by atoms with Crippen molar-refractivity contribution in [1.82, 2.24) is 0 Å². The molecule has 0 spiro atoms. The van der Waals surface area contributed by atoms with Gasteiger partial charge in [0.05, 0.1) is 6.10 Å². The molecule has 152 valence electrons. The van der Waals surface area contributed by atoms with E-state index in [1.165, 1.54) is 38.5 Å². The van der Waals surface area contributed by atoms with Gasteiger partial charge in [-0.3, -0.25) is 4.79 Å². The lowest BCUT2D eigenvalue weighted by atomic mass is 10.1. The van der Waals surface area contributed by atoms with E-state index in [-0.39, 0.29) is 12.0 Å². The lowest BCUT2D eigenvalue weighted by molar-refractivity contribution is -0.116. The Balaban J connectivity index is 1.89. The van der Waals surface area contributed by atoms with E-state index in [0.717, 1.165) is 44.2 Å². The molecule has 2 N–H and O–H groups in total. The third kappa shape index (κ3) is 14.2. The number of aliphatic hydroxyl groups excluding tert-OH is 1. The Kier molecular flexibility index (Phi) is 14.4. The second-order valence-corrected chi connectivity index (χ2v) is 7.43. The molecule has 27 heavy (non-hydrogen) atoms. The molecule has 0 aromatic heterocycles. The van der Waals surface area contributed by atoms with Crippen LogP contribution in [0.15, 0.2) is 42.5 Å². The van der Waals surface area contributed by atoms with Crippen molar-refractivity contribution in [3.63, 3.8) is 0 Å². The summed E-state index contributed by atoms with van der Waals surface area (Å²) in [6, 6.07) is 9.63. The average molecular weight is 374 g/mol. The van der Waals surface area contributed by atoms with E-state index in [1.54, 1.807) is 0 Å². The van der Waals surface area contributed by atoms with Crippen molar-refractivity contribution in [1.29, 1.82) is 0 Å². The van der Waals surface area contributed by atoms with Gasteiger partial charge in [-0.05, 0) is 44.2 Å². The van der Waals surface area contributed by atoms with Crippen molar-refractivity contribution >= 4 is 11.6 Å². The van der Waals surface area contributed by atoms with Crippen LogP contribution in [0.1, 0.15) is 90.4 Å². The van der Waals surface area contributed by atoms with E-state index < -0.39 is 0 Å². The first-order valence-corrected chi connectivity index (χ1v) is 10.9. The van der Waals surface area contributed by atoms with Crippen LogP contribution < -0.4 is 5.32 Å². The number of anilines is 1. The number of allylic oxidation sites excluding steroid dienone is 1. The van der Waals surface area contributed by atoms with Gasteiger partial charge in [0, 0.05) is 12.1 Å². The molecule has 0 heterocycles. The molecule has 1 unspecified atom stereocenters. The number of amides is 1. The fourth-order valence-corrected chi connectivity index (χ4v) is 3.12. The van der Waals surface area contributed by atoms with Gasteiger partial charge in [-0.2, -0.15) is 0 Å². The summed E-state index contributed by atoms with van der Waals surface area (Å²) in [4.78, 5) is 11.8. The van der Waals surface area contributed by atoms with Crippen molar-refractivity contribution in [2.45, 2.75) is 96.5 Å². The normalized spacial score (nSPS) is 12.4. The van der Waals surface area contributed by atoms with Crippen LogP contribution in [0.4, 0.5) is 5.69 Å². The quantitative estimate of drug-likeness (QED) is 0.252. The van der Waals surface area contributed by atoms with Crippen LogP contribution in [0.5, 0.6) is 0 Å². The third-order valence-corrected chi connectivity index (χ3v) is 4.80. The monoisotopic (exact) mass is 373 g/mol. The highest BCUT2D eigenvalue weighted by molar-refractivity contribution is 5.90. The molecule has 1 aromatic rings. The SMILES string of the molecule is CCCCCCC(O)C/C=C\CCCCCCCC(=O)Nc1ccccc1. The first-order valence-electron chi connectivity index (χ1n) is 10.9. The van der Waals surface area contributed by atoms with E-state index in [0.29, 0.717) is 6.42 Å². The molecule has 3 nitrogen and oxygen atoms in total. The molecular weight excluding hydrogens is 334 g/mol. The smallest absolute Gasteiger partial charge is 0.224 e. The van der Waals surface area contributed by atoms with Gasteiger partial charge < -0.3 is 10.4 Å². The third-order valence-electron chi connectivity index (χ3n) is 4.80. The van der Waals surface area contributed by atoms with Gasteiger partial charge in [0.1, 0.15) is 0 Å². The van der Waals surface area contributed by atoms with E-state index in [9.17, 15) is 9.90 Å². The number of rotatable bonds is 16. The number of carbonyl (C=O) groups is 1. The maximum absolute atomic E-state index is 11.8. The summed E-state index contributed by atoms with van der Waals surface area (Å²) in [5, 5.41) is 12.8. The molecule has 1 atom stereocenters. The summed E-state index contributed by atoms with van der Waals surface area (Å²) >= 11 is 0. The zero-order valence-corrected chi connectivity index (χ0v) is 17.2. The number of nitrogens with one attached hydrogen (secondary N) is 1. The minimum Gasteiger partial charge on any atom is -0.393 e. The van der Waals surface area contributed by atoms with Crippen LogP contribution in [0.3, 0.4) is 0 Å². The second-order valence-electron chi connectivity index (χ2n) is 7.43. The summed E-state index contributed by atoms with van der Waals surface area (Å²) in [6.07, 6.45) is 18.2. The predicted octanol–water partition coefficient (Wildman–Crippen LogP) is 6.63. The standard InChI is InChI=1S/C24H39NO2/c1-2-3-4-14-19-23(26)20-15-9-7-5-6-8-10-16-21-24(27)25-22-17-12-11-13-18-22/h9,11-13,15,17-18,23,26H,2-8,10,14,16,19-21H2,1H3,(H,25,27)/b15-9-. The minimum atomic E-state index is -0.167. The molecule has 1 rings (SSSR count). The lowest BCUT2D eigenvalue weighted by Crippen LogP contribution is -2.10. The largest absolute Gasteiger partial charge is 0.393 e. The molecular formula is C24H39NO2. The van der Waals surface area contributed by atoms with E-state index >= 15 is 0 Å². The van der Waals surface area contributed by atoms with Crippen molar-refractivity contribution in [3.8, 4) is 0 Å². The molecule has 0 bridgehead atoms. The Morgan fingerprint density at radius 1 is 0.963 bits per heavy atom. The first kappa shape index (κ1) is 23.4. The molecule has 0 aliphatic rings. The molecule has 0 saturated heterocycles. The summed E-state index contributed by atoms with van der Waals surface area (Å²) in [6.45, 7) is 2.21. The summed E-state index contributed by atoms with van der Waals surface area (Å²) in [7, 11) is 0. The van der Waals surface area contributed by atoms with Gasteiger partial charge in [0.25, 0.3) is 0 Å². The van der Waals surface area contributed by atoms with Gasteiger partial charge in [0.2, 0.25) is 5.91 Å². The number of aliphatic hydroxyl groups is 1. The van der Waals surface area contributed by atoms with Crippen LogP contribution in [0, 0.1) is 0 Å². The van der Waals surface area contributed by atoms with Gasteiger partial charge in [0.15, 0.2) is 0 Å². The number of benzene rings is 1. The summed E-state index contributed by atoms with van der Waals surface area (Å²) in [5.74, 6) is 0.109. The van der Waals surface area contributed by atoms with Crippen molar-refractivity contribution in [2.24, 2.45) is 0 Å². The Labute approximate surface area is 166 Å². The number of unbranched alkanes of at least 4 members (excludes halogenated alkanes) is 8. The van der Waals surface area contributed by atoms with Crippen LogP contribution >= 0.6 is 0 Å². The maximum atomic E-state index is 11.8. The van der Waals surface area contributed by atoms with E-state index in [2.05, 4.69) is 24.4 Å². The van der Waals surface area contributed by atoms with Gasteiger partial charge in [-0.25, -0.2) is 0 Å². The van der Waals surface area contributed by atoms with Gasteiger partial charge in [-0.1, -0.05) is 82.2 Å². The van der Waals surface area contributed by atoms with Crippen LogP contribution in [-0.2, 0) is 4.79 Å². The highest BCUT2D eigenvalue weighted by Crippen LogP contribution is 2.11. The van der Waals surface area contributed by atoms with Crippen molar-refractivity contribution in [3.05, 3.63) is 42.5 Å². The Morgan fingerprint density at radius 3 is 2.44 bits per heavy atom. The fraction of sp³-hybridized carbons (Fsp3) is 0.625. The molecule has 1 aromatic carbocycles. The van der Waals surface area contributed by atoms with Crippen LogP contribution in [-0.4, -0.2) is 17.1 Å². The molecule has 1 amide bonds. The maximum Gasteiger partial charge on any atom is 0.224 e. The summed E-state index contributed by atoms with van der Waals surface area (Å²) in [5.41, 5.74) is 0.875. The minimum absolute atomic E-state index is 0.109. The molecule has 3 heteroatoms. The Morgan fingerprint density at radius 2 is 1.67 bits per heavy atom. The van der Waals surface area contributed by atoms with Crippen molar-refractivity contribution < 1.29 is 9.90 Å². The number of carbonyl (C=O) groups excluding carboxylic acids is 1. The highest BCUT2D eigenvalue weighted by atomic mass is 16.3. The Hall–Kier alpha value is -1.61. The zero-order chi connectivity index (χ0) is 19.6. The second kappa shape index (κ2) is 16.6. The molecule has 0 saturated carbocycles. The number of hydrogen-bond donors (Lipinski definition) is 2. The number of para-hydroxylation sites is 1. The van der Waals surface area contributed by atoms with E-state index in [1.807, 2.05) is 30.3 Å². The van der Waals surface area contributed by atoms with Crippen LogP contribution in [0.25, 0.3) is 0 Å². The first-order chi connectivity index (χ1) is 13.2. The predicted molar refractivity (Wildman–Crippen MR) is 116 cm³/mol. The summed E-state index contributed by atoms with van der Waals surface area (Å²) < 4.78 is 0. The molecule has 0 radical (unpaired) electrons. The fourth-order valence-electron chi connectivity index (χ4n) is 3.12. The molecule has 0 fully saturated rings. The van der Waals surface area contributed by atoms with Gasteiger partial charge in [-0.15, -0.1) is 0 Å². The average Bonchev–Trinajstić information content (AvgIpc) is 2.67. The highest BCUT2D eigenvalue weighted by Gasteiger charge is 2.02. The van der Waals surface area contributed by atoms with E-state index in [4.69, 9.17) is 0 Å².